The summed E-state index contributed by atoms with van der Waals surface area (Å²) in [5.41, 5.74) is 2.22. The molecule has 0 aromatic heterocycles. The van der Waals surface area contributed by atoms with E-state index in [0.29, 0.717) is 6.42 Å². The number of benzene rings is 2. The van der Waals surface area contributed by atoms with Crippen molar-refractivity contribution in [2.24, 2.45) is 0 Å². The number of phenols is 2. The quantitative estimate of drug-likeness (QED) is 0.663. The van der Waals surface area contributed by atoms with Gasteiger partial charge < -0.3 is 14.9 Å². The van der Waals surface area contributed by atoms with Crippen molar-refractivity contribution in [3.05, 3.63) is 53.6 Å². The van der Waals surface area contributed by atoms with Crippen LogP contribution >= 0.6 is 0 Å². The zero-order chi connectivity index (χ0) is 14.5. The lowest BCUT2D eigenvalue weighted by Gasteiger charge is -2.06. The number of hydrogen-bond donors (Lipinski definition) is 2. The normalized spacial score (nSPS) is 10.2. The zero-order valence-corrected chi connectivity index (χ0v) is 11.2. The molecule has 104 valence electrons. The summed E-state index contributed by atoms with van der Waals surface area (Å²) < 4.78 is 5.07. The van der Waals surface area contributed by atoms with Gasteiger partial charge in [0.05, 0.1) is 0 Å². The molecule has 0 heterocycles. The summed E-state index contributed by atoms with van der Waals surface area (Å²) >= 11 is 0. The molecule has 2 aromatic carbocycles. The van der Waals surface area contributed by atoms with Gasteiger partial charge in [0.25, 0.3) is 0 Å². The summed E-state index contributed by atoms with van der Waals surface area (Å²) in [6, 6.07) is 11.7. The molecule has 0 saturated carbocycles. The average molecular weight is 272 g/mol. The van der Waals surface area contributed by atoms with E-state index in [4.69, 9.17) is 4.74 Å². The lowest BCUT2D eigenvalue weighted by Crippen LogP contribution is -2.09. The van der Waals surface area contributed by atoms with Gasteiger partial charge in [0.2, 0.25) is 0 Å². The highest BCUT2D eigenvalue weighted by molar-refractivity contribution is 5.73. The third kappa shape index (κ3) is 4.02. The van der Waals surface area contributed by atoms with E-state index in [1.54, 1.807) is 0 Å². The van der Waals surface area contributed by atoms with Crippen LogP contribution in [0.3, 0.4) is 0 Å². The molecule has 4 heteroatoms. The number of carbonyl (C=O) groups is 1. The molecule has 0 radical (unpaired) electrons. The third-order valence-corrected chi connectivity index (χ3v) is 2.81. The summed E-state index contributed by atoms with van der Waals surface area (Å²) in [5, 5.41) is 18.6. The first-order valence-electron chi connectivity index (χ1n) is 6.32. The summed E-state index contributed by atoms with van der Waals surface area (Å²) in [4.78, 5) is 11.7. The number of aromatic hydroxyl groups is 2. The van der Waals surface area contributed by atoms with E-state index < -0.39 is 5.97 Å². The van der Waals surface area contributed by atoms with E-state index in [0.717, 1.165) is 11.1 Å². The highest BCUT2D eigenvalue weighted by Crippen LogP contribution is 2.26. The molecule has 2 N–H and O–H groups in total. The first-order chi connectivity index (χ1) is 9.52. The summed E-state index contributed by atoms with van der Waals surface area (Å²) in [6.45, 7) is 2.00. The predicted octanol–water partition coefficient (Wildman–Crippen LogP) is 2.94. The number of rotatable bonds is 4. The summed E-state index contributed by atoms with van der Waals surface area (Å²) in [7, 11) is 0. The van der Waals surface area contributed by atoms with Crippen LogP contribution in [0.2, 0.25) is 0 Å². The van der Waals surface area contributed by atoms with Crippen LogP contribution in [0.5, 0.6) is 17.2 Å². The number of esters is 1. The van der Waals surface area contributed by atoms with Gasteiger partial charge in [-0.3, -0.25) is 4.79 Å². The minimum absolute atomic E-state index is 0.136. The van der Waals surface area contributed by atoms with Crippen LogP contribution in [-0.4, -0.2) is 16.2 Å². The van der Waals surface area contributed by atoms with Crippen molar-refractivity contribution in [3.8, 4) is 17.2 Å². The number of hydrogen-bond acceptors (Lipinski definition) is 4. The van der Waals surface area contributed by atoms with Gasteiger partial charge in [-0.1, -0.05) is 29.8 Å². The standard InChI is InChI=1S/C16H16O4/c1-11-3-2-4-12(7-11)5-6-16(19)20-15-9-13(17)8-14(18)10-15/h2-4,7-10,17-18H,5-6H2,1H3. The smallest absolute Gasteiger partial charge is 0.311 e. The maximum absolute atomic E-state index is 11.7. The molecular formula is C16H16O4. The van der Waals surface area contributed by atoms with Crippen LogP contribution in [-0.2, 0) is 11.2 Å². The van der Waals surface area contributed by atoms with Gasteiger partial charge >= 0.3 is 5.97 Å². The Morgan fingerprint density at radius 1 is 1.10 bits per heavy atom. The fourth-order valence-corrected chi connectivity index (χ4v) is 1.92. The second-order valence-corrected chi connectivity index (χ2v) is 4.65. The first-order valence-corrected chi connectivity index (χ1v) is 6.32. The molecule has 0 fully saturated rings. The zero-order valence-electron chi connectivity index (χ0n) is 11.2. The lowest BCUT2D eigenvalue weighted by atomic mass is 10.1. The molecule has 0 bridgehead atoms. The van der Waals surface area contributed by atoms with Gasteiger partial charge in [-0.25, -0.2) is 0 Å². The van der Waals surface area contributed by atoms with Crippen LogP contribution in [0.15, 0.2) is 42.5 Å². The van der Waals surface area contributed by atoms with E-state index >= 15 is 0 Å². The minimum atomic E-state index is -0.406. The molecular weight excluding hydrogens is 256 g/mol. The van der Waals surface area contributed by atoms with Gasteiger partial charge in [-0.2, -0.15) is 0 Å². The number of ether oxygens (including phenoxy) is 1. The fourth-order valence-electron chi connectivity index (χ4n) is 1.92. The third-order valence-electron chi connectivity index (χ3n) is 2.81. The largest absolute Gasteiger partial charge is 0.508 e. The first kappa shape index (κ1) is 13.9. The predicted molar refractivity (Wildman–Crippen MR) is 74.9 cm³/mol. The van der Waals surface area contributed by atoms with E-state index in [9.17, 15) is 15.0 Å². The molecule has 0 aliphatic heterocycles. The monoisotopic (exact) mass is 272 g/mol. The van der Waals surface area contributed by atoms with Gasteiger partial charge in [-0.15, -0.1) is 0 Å². The molecule has 4 nitrogen and oxygen atoms in total. The van der Waals surface area contributed by atoms with Crippen molar-refractivity contribution in [3.63, 3.8) is 0 Å². The maximum Gasteiger partial charge on any atom is 0.311 e. The van der Waals surface area contributed by atoms with E-state index in [2.05, 4.69) is 0 Å². The molecule has 0 unspecified atom stereocenters. The SMILES string of the molecule is Cc1cccc(CCC(=O)Oc2cc(O)cc(O)c2)c1. The van der Waals surface area contributed by atoms with Crippen LogP contribution in [0.4, 0.5) is 0 Å². The van der Waals surface area contributed by atoms with Crippen molar-refractivity contribution < 1.29 is 19.7 Å². The van der Waals surface area contributed by atoms with Crippen LogP contribution < -0.4 is 4.74 Å². The molecule has 20 heavy (non-hydrogen) atoms. The van der Waals surface area contributed by atoms with Crippen molar-refractivity contribution in [2.45, 2.75) is 19.8 Å². The molecule has 0 atom stereocenters. The molecule has 0 aliphatic carbocycles. The molecule has 0 saturated heterocycles. The Morgan fingerprint density at radius 2 is 1.80 bits per heavy atom. The van der Waals surface area contributed by atoms with Crippen molar-refractivity contribution >= 4 is 5.97 Å². The lowest BCUT2D eigenvalue weighted by molar-refractivity contribution is -0.134. The molecule has 2 aromatic rings. The second kappa shape index (κ2) is 6.10. The van der Waals surface area contributed by atoms with E-state index in [1.165, 1.54) is 18.2 Å². The summed E-state index contributed by atoms with van der Waals surface area (Å²) in [5.74, 6) is -0.564. The highest BCUT2D eigenvalue weighted by Gasteiger charge is 2.07. The molecule has 2 rings (SSSR count). The van der Waals surface area contributed by atoms with Crippen LogP contribution in [0.1, 0.15) is 17.5 Å². The average Bonchev–Trinajstić information content (AvgIpc) is 2.35. The highest BCUT2D eigenvalue weighted by atomic mass is 16.5. The Hall–Kier alpha value is -2.49. The number of carbonyl (C=O) groups excluding carboxylic acids is 1. The second-order valence-electron chi connectivity index (χ2n) is 4.65. The Bertz CT molecular complexity index is 599. The Balaban J connectivity index is 1.92. The van der Waals surface area contributed by atoms with Gasteiger partial charge in [0.15, 0.2) is 0 Å². The Labute approximate surface area is 117 Å². The molecule has 0 amide bonds. The maximum atomic E-state index is 11.7. The van der Waals surface area contributed by atoms with Crippen LogP contribution in [0.25, 0.3) is 0 Å². The van der Waals surface area contributed by atoms with Crippen molar-refractivity contribution in [1.29, 1.82) is 0 Å². The van der Waals surface area contributed by atoms with E-state index in [-0.39, 0.29) is 23.7 Å². The van der Waals surface area contributed by atoms with Gasteiger partial charge in [0.1, 0.15) is 17.2 Å². The summed E-state index contributed by atoms with van der Waals surface area (Å²) in [6.07, 6.45) is 0.825. The van der Waals surface area contributed by atoms with E-state index in [1.807, 2.05) is 31.2 Å². The van der Waals surface area contributed by atoms with Crippen LogP contribution in [0, 0.1) is 6.92 Å². The number of phenolic OH excluding ortho intramolecular Hbond substituents is 2. The molecule has 0 spiro atoms. The van der Waals surface area contributed by atoms with Gasteiger partial charge in [-0.05, 0) is 18.9 Å². The topological polar surface area (TPSA) is 66.8 Å². The number of aryl methyl sites for hydroxylation is 2. The van der Waals surface area contributed by atoms with Crippen molar-refractivity contribution in [1.82, 2.24) is 0 Å². The Morgan fingerprint density at radius 3 is 2.45 bits per heavy atom. The Kier molecular flexibility index (Phi) is 4.25. The fraction of sp³-hybridized carbons (Fsp3) is 0.188. The van der Waals surface area contributed by atoms with Crippen molar-refractivity contribution in [2.75, 3.05) is 0 Å². The van der Waals surface area contributed by atoms with Gasteiger partial charge in [0, 0.05) is 24.6 Å². The molecule has 0 aliphatic rings. The minimum Gasteiger partial charge on any atom is -0.508 e.